The highest BCUT2D eigenvalue weighted by Crippen LogP contribution is 2.27. The number of nitrogens with one attached hydrogen (secondary N) is 1. The Balaban J connectivity index is 1.83. The second-order valence-corrected chi connectivity index (χ2v) is 6.67. The van der Waals surface area contributed by atoms with Crippen LogP contribution in [0.2, 0.25) is 0 Å². The summed E-state index contributed by atoms with van der Waals surface area (Å²) in [5, 5.41) is 2.99. The van der Waals surface area contributed by atoms with Crippen molar-refractivity contribution in [2.75, 3.05) is 16.8 Å². The molecule has 114 valence electrons. The van der Waals surface area contributed by atoms with Gasteiger partial charge in [0.15, 0.2) is 0 Å². The van der Waals surface area contributed by atoms with E-state index in [-0.39, 0.29) is 5.91 Å². The number of hydrogen-bond donors (Lipinski definition) is 1. The van der Waals surface area contributed by atoms with Crippen LogP contribution >= 0.6 is 23.5 Å². The van der Waals surface area contributed by atoms with Gasteiger partial charge < -0.3 is 5.32 Å². The van der Waals surface area contributed by atoms with Gasteiger partial charge in [0, 0.05) is 16.4 Å². The Labute approximate surface area is 140 Å². The van der Waals surface area contributed by atoms with Crippen molar-refractivity contribution < 1.29 is 4.79 Å². The molecule has 0 saturated heterocycles. The fourth-order valence-electron chi connectivity index (χ4n) is 1.87. The number of rotatable bonds is 8. The molecule has 2 nitrogen and oxygen atoms in total. The van der Waals surface area contributed by atoms with Gasteiger partial charge in [-0.05, 0) is 17.7 Å². The number of para-hydroxylation sites is 1. The molecule has 0 radical (unpaired) electrons. The molecule has 2 rings (SSSR count). The largest absolute Gasteiger partial charge is 0.324 e. The maximum absolute atomic E-state index is 12.1. The first-order chi connectivity index (χ1) is 10.8. The lowest BCUT2D eigenvalue weighted by Gasteiger charge is -2.10. The Morgan fingerprint density at radius 3 is 2.59 bits per heavy atom. The molecule has 0 aliphatic carbocycles. The molecule has 1 amide bonds. The molecule has 0 aliphatic heterocycles. The summed E-state index contributed by atoms with van der Waals surface area (Å²) in [7, 11) is 0. The van der Waals surface area contributed by atoms with Crippen LogP contribution in [-0.2, 0) is 10.5 Å². The Morgan fingerprint density at radius 1 is 1.09 bits per heavy atom. The minimum Gasteiger partial charge on any atom is -0.324 e. The van der Waals surface area contributed by atoms with Gasteiger partial charge in [0.05, 0.1) is 11.4 Å². The fourth-order valence-corrected chi connectivity index (χ4v) is 3.40. The zero-order valence-corrected chi connectivity index (χ0v) is 14.0. The summed E-state index contributed by atoms with van der Waals surface area (Å²) < 4.78 is 0. The molecule has 0 aliphatic rings. The average molecular weight is 329 g/mol. The van der Waals surface area contributed by atoms with Crippen LogP contribution in [-0.4, -0.2) is 17.4 Å². The molecule has 0 aromatic heterocycles. The lowest BCUT2D eigenvalue weighted by molar-refractivity contribution is -0.113. The molecular weight excluding hydrogens is 310 g/mol. The second kappa shape index (κ2) is 9.38. The van der Waals surface area contributed by atoms with E-state index in [1.165, 1.54) is 5.56 Å². The lowest BCUT2D eigenvalue weighted by Crippen LogP contribution is -2.14. The summed E-state index contributed by atoms with van der Waals surface area (Å²) in [4.78, 5) is 13.1. The number of thioether (sulfide) groups is 2. The van der Waals surface area contributed by atoms with Gasteiger partial charge in [-0.1, -0.05) is 48.5 Å². The third-order valence-corrected chi connectivity index (χ3v) is 4.94. The first-order valence-corrected chi connectivity index (χ1v) is 9.18. The van der Waals surface area contributed by atoms with Crippen LogP contribution in [0.15, 0.2) is 72.1 Å². The van der Waals surface area contributed by atoms with Crippen molar-refractivity contribution in [1.29, 1.82) is 0 Å². The second-order valence-electron chi connectivity index (χ2n) is 4.62. The molecule has 22 heavy (non-hydrogen) atoms. The van der Waals surface area contributed by atoms with E-state index in [2.05, 4.69) is 24.0 Å². The Morgan fingerprint density at radius 2 is 1.82 bits per heavy atom. The molecule has 4 heteroatoms. The van der Waals surface area contributed by atoms with Gasteiger partial charge >= 0.3 is 0 Å². The number of amides is 1. The van der Waals surface area contributed by atoms with Gasteiger partial charge in [-0.15, -0.1) is 30.1 Å². The van der Waals surface area contributed by atoms with Crippen molar-refractivity contribution >= 4 is 35.1 Å². The van der Waals surface area contributed by atoms with E-state index >= 15 is 0 Å². The van der Waals surface area contributed by atoms with Gasteiger partial charge in [-0.25, -0.2) is 0 Å². The molecular formula is C18H19NOS2. The van der Waals surface area contributed by atoms with Gasteiger partial charge in [0.25, 0.3) is 0 Å². The lowest BCUT2D eigenvalue weighted by atomic mass is 10.2. The van der Waals surface area contributed by atoms with E-state index in [0.717, 1.165) is 22.1 Å². The number of anilines is 1. The predicted octanol–water partition coefficient (Wildman–Crippen LogP) is 4.84. The van der Waals surface area contributed by atoms with E-state index in [9.17, 15) is 4.79 Å². The van der Waals surface area contributed by atoms with Crippen molar-refractivity contribution in [3.8, 4) is 0 Å². The summed E-state index contributed by atoms with van der Waals surface area (Å²) in [6, 6.07) is 18.0. The van der Waals surface area contributed by atoms with Gasteiger partial charge in [-0.2, -0.15) is 0 Å². The minimum absolute atomic E-state index is 0.0348. The first kappa shape index (κ1) is 16.7. The maximum atomic E-state index is 12.1. The Kier molecular flexibility index (Phi) is 7.13. The van der Waals surface area contributed by atoms with Gasteiger partial charge in [0.1, 0.15) is 0 Å². The summed E-state index contributed by atoms with van der Waals surface area (Å²) in [6.07, 6.45) is 1.86. The highest BCUT2D eigenvalue weighted by Gasteiger charge is 2.07. The topological polar surface area (TPSA) is 29.1 Å². The summed E-state index contributed by atoms with van der Waals surface area (Å²) in [6.45, 7) is 3.72. The Hall–Kier alpha value is -1.65. The maximum Gasteiger partial charge on any atom is 0.234 e. The standard InChI is InChI=1S/C18H19NOS2/c1-2-12-22-17-11-7-6-10-16(17)19-18(20)14-21-13-15-8-4-3-5-9-15/h2-11H,1,12-14H2,(H,19,20). The third kappa shape index (κ3) is 5.62. The van der Waals surface area contributed by atoms with E-state index < -0.39 is 0 Å². The van der Waals surface area contributed by atoms with E-state index in [1.54, 1.807) is 23.5 Å². The number of carbonyl (C=O) groups is 1. The molecule has 0 atom stereocenters. The smallest absolute Gasteiger partial charge is 0.234 e. The SMILES string of the molecule is C=CCSc1ccccc1NC(=O)CSCc1ccccc1. The van der Waals surface area contributed by atoms with Crippen molar-refractivity contribution in [2.45, 2.75) is 10.6 Å². The van der Waals surface area contributed by atoms with Crippen LogP contribution < -0.4 is 5.32 Å². The van der Waals surface area contributed by atoms with Crippen molar-refractivity contribution in [3.05, 3.63) is 72.8 Å². The molecule has 0 unspecified atom stereocenters. The highest BCUT2D eigenvalue weighted by molar-refractivity contribution is 7.99. The van der Waals surface area contributed by atoms with Crippen molar-refractivity contribution in [2.24, 2.45) is 0 Å². The number of hydrogen-bond acceptors (Lipinski definition) is 3. The van der Waals surface area contributed by atoms with E-state index in [1.807, 2.05) is 48.5 Å². The fraction of sp³-hybridized carbons (Fsp3) is 0.167. The number of carbonyl (C=O) groups excluding carboxylic acids is 1. The van der Waals surface area contributed by atoms with Crippen LogP contribution in [0.5, 0.6) is 0 Å². The normalized spacial score (nSPS) is 10.2. The van der Waals surface area contributed by atoms with Crippen molar-refractivity contribution in [3.63, 3.8) is 0 Å². The molecule has 0 saturated carbocycles. The van der Waals surface area contributed by atoms with Crippen LogP contribution in [0, 0.1) is 0 Å². The third-order valence-electron chi connectivity index (χ3n) is 2.86. The quantitative estimate of drug-likeness (QED) is 0.555. The molecule has 2 aromatic rings. The molecule has 0 fully saturated rings. The summed E-state index contributed by atoms with van der Waals surface area (Å²) in [5.74, 6) is 2.17. The van der Waals surface area contributed by atoms with Crippen LogP contribution in [0.4, 0.5) is 5.69 Å². The predicted molar refractivity (Wildman–Crippen MR) is 98.6 cm³/mol. The Bertz CT molecular complexity index is 613. The zero-order chi connectivity index (χ0) is 15.6. The molecule has 1 N–H and O–H groups in total. The van der Waals surface area contributed by atoms with E-state index in [4.69, 9.17) is 0 Å². The van der Waals surface area contributed by atoms with Crippen LogP contribution in [0.1, 0.15) is 5.56 Å². The minimum atomic E-state index is 0.0348. The first-order valence-electron chi connectivity index (χ1n) is 7.04. The number of benzene rings is 2. The van der Waals surface area contributed by atoms with Crippen LogP contribution in [0.3, 0.4) is 0 Å². The van der Waals surface area contributed by atoms with Gasteiger partial charge in [-0.3, -0.25) is 4.79 Å². The average Bonchev–Trinajstić information content (AvgIpc) is 2.55. The summed E-state index contributed by atoms with van der Waals surface area (Å²) >= 11 is 3.29. The van der Waals surface area contributed by atoms with Crippen molar-refractivity contribution in [1.82, 2.24) is 0 Å². The summed E-state index contributed by atoms with van der Waals surface area (Å²) in [5.41, 5.74) is 2.11. The van der Waals surface area contributed by atoms with Gasteiger partial charge in [0.2, 0.25) is 5.91 Å². The molecule has 0 spiro atoms. The molecule has 0 heterocycles. The highest BCUT2D eigenvalue weighted by atomic mass is 32.2. The molecule has 2 aromatic carbocycles. The monoisotopic (exact) mass is 329 g/mol. The van der Waals surface area contributed by atoms with E-state index in [0.29, 0.717) is 5.75 Å². The van der Waals surface area contributed by atoms with Crippen LogP contribution in [0.25, 0.3) is 0 Å². The molecule has 0 bridgehead atoms. The zero-order valence-electron chi connectivity index (χ0n) is 12.3.